The number of halogens is 2. The van der Waals surface area contributed by atoms with E-state index in [1.165, 1.54) is 13.2 Å². The Morgan fingerprint density at radius 1 is 1.50 bits per heavy atom. The Balaban J connectivity index is 3.18. The Kier molecular flexibility index (Phi) is 6.35. The maximum absolute atomic E-state index is 14.1. The number of nitrogens with two attached hydrogens (primary N) is 1. The number of ether oxygens (including phenoxy) is 1. The summed E-state index contributed by atoms with van der Waals surface area (Å²) in [5.74, 6) is -0.878. The van der Waals surface area contributed by atoms with Crippen LogP contribution in [-0.2, 0) is 21.3 Å². The van der Waals surface area contributed by atoms with Crippen molar-refractivity contribution >= 4 is 21.6 Å². The average molecular weight is 325 g/mol. The molecule has 1 aromatic rings. The van der Waals surface area contributed by atoms with Crippen LogP contribution in [0.1, 0.15) is 18.9 Å². The molecule has 0 aromatic heterocycles. The van der Waals surface area contributed by atoms with Crippen molar-refractivity contribution in [3.8, 4) is 0 Å². The molecule has 0 heterocycles. The van der Waals surface area contributed by atoms with E-state index in [-0.39, 0.29) is 23.7 Å². The molecule has 3 N–H and O–H groups in total. The first kappa shape index (κ1) is 17.3. The van der Waals surface area contributed by atoms with E-state index < -0.39 is 26.8 Å². The van der Waals surface area contributed by atoms with E-state index in [2.05, 4.69) is 4.72 Å². The lowest BCUT2D eigenvalue weighted by Crippen LogP contribution is -2.38. The van der Waals surface area contributed by atoms with Gasteiger partial charge >= 0.3 is 0 Å². The third-order valence-corrected chi connectivity index (χ3v) is 4.51. The molecule has 20 heavy (non-hydrogen) atoms. The highest BCUT2D eigenvalue weighted by atomic mass is 35.5. The quantitative estimate of drug-likeness (QED) is 0.799. The molecule has 0 amide bonds. The van der Waals surface area contributed by atoms with Gasteiger partial charge in [0, 0.05) is 30.3 Å². The minimum absolute atomic E-state index is 0.0534. The Bertz CT molecular complexity index is 566. The third kappa shape index (κ3) is 4.13. The van der Waals surface area contributed by atoms with Crippen LogP contribution in [0.3, 0.4) is 0 Å². The fourth-order valence-corrected chi connectivity index (χ4v) is 3.44. The zero-order valence-electron chi connectivity index (χ0n) is 11.3. The van der Waals surface area contributed by atoms with E-state index in [0.717, 1.165) is 6.07 Å². The summed E-state index contributed by atoms with van der Waals surface area (Å²) in [6, 6.07) is 1.94. The molecule has 0 saturated carbocycles. The van der Waals surface area contributed by atoms with Gasteiger partial charge < -0.3 is 10.5 Å². The predicted molar refractivity (Wildman–Crippen MR) is 75.6 cm³/mol. The first-order valence-electron chi connectivity index (χ1n) is 6.05. The van der Waals surface area contributed by atoms with Crippen molar-refractivity contribution in [2.75, 3.05) is 13.7 Å². The summed E-state index contributed by atoms with van der Waals surface area (Å²) < 4.78 is 45.8. The molecule has 1 rings (SSSR count). The Morgan fingerprint density at radius 3 is 2.65 bits per heavy atom. The molecule has 0 aliphatic heterocycles. The summed E-state index contributed by atoms with van der Waals surface area (Å²) >= 11 is 5.80. The lowest BCUT2D eigenvalue weighted by atomic mass is 10.2. The van der Waals surface area contributed by atoms with Crippen LogP contribution >= 0.6 is 11.6 Å². The van der Waals surface area contributed by atoms with Crippen molar-refractivity contribution in [2.45, 2.75) is 30.8 Å². The fourth-order valence-electron chi connectivity index (χ4n) is 1.68. The molecule has 0 bridgehead atoms. The number of nitrogens with one attached hydrogen (secondary N) is 1. The minimum atomic E-state index is -4.02. The largest absolute Gasteiger partial charge is 0.383 e. The maximum atomic E-state index is 14.1. The first-order chi connectivity index (χ1) is 9.35. The molecule has 1 aromatic carbocycles. The highest BCUT2D eigenvalue weighted by Gasteiger charge is 2.24. The molecule has 0 saturated heterocycles. The van der Waals surface area contributed by atoms with Gasteiger partial charge in [-0.15, -0.1) is 0 Å². The normalized spacial score (nSPS) is 13.4. The van der Waals surface area contributed by atoms with Gasteiger partial charge in [0.1, 0.15) is 10.7 Å². The molecule has 0 aliphatic carbocycles. The topological polar surface area (TPSA) is 81.4 Å². The van der Waals surface area contributed by atoms with Crippen LogP contribution in [0.4, 0.5) is 4.39 Å². The molecule has 0 aliphatic rings. The molecule has 8 heteroatoms. The second-order valence-corrected chi connectivity index (χ2v) is 6.38. The summed E-state index contributed by atoms with van der Waals surface area (Å²) in [6.45, 7) is 1.86. The molecule has 1 unspecified atom stereocenters. The van der Waals surface area contributed by atoms with Crippen LogP contribution < -0.4 is 10.5 Å². The summed E-state index contributed by atoms with van der Waals surface area (Å²) in [5.41, 5.74) is 5.43. The van der Waals surface area contributed by atoms with E-state index in [9.17, 15) is 12.8 Å². The van der Waals surface area contributed by atoms with Gasteiger partial charge in [-0.2, -0.15) is 0 Å². The van der Waals surface area contributed by atoms with Gasteiger partial charge in [-0.05, 0) is 18.6 Å². The Morgan fingerprint density at radius 2 is 2.15 bits per heavy atom. The number of rotatable bonds is 7. The summed E-state index contributed by atoms with van der Waals surface area (Å²) in [4.78, 5) is -0.500. The number of hydrogen-bond acceptors (Lipinski definition) is 4. The molecule has 0 spiro atoms. The second kappa shape index (κ2) is 7.33. The van der Waals surface area contributed by atoms with Gasteiger partial charge in [0.25, 0.3) is 0 Å². The van der Waals surface area contributed by atoms with Crippen molar-refractivity contribution in [2.24, 2.45) is 5.73 Å². The van der Waals surface area contributed by atoms with Crippen LogP contribution in [0.25, 0.3) is 0 Å². The monoisotopic (exact) mass is 324 g/mol. The van der Waals surface area contributed by atoms with E-state index in [0.29, 0.717) is 6.42 Å². The number of methoxy groups -OCH3 is 1. The van der Waals surface area contributed by atoms with Crippen LogP contribution in [-0.4, -0.2) is 28.2 Å². The van der Waals surface area contributed by atoms with Gasteiger partial charge in [-0.1, -0.05) is 18.5 Å². The van der Waals surface area contributed by atoms with Crippen LogP contribution in [0, 0.1) is 5.82 Å². The Labute approximate surface area is 123 Å². The average Bonchev–Trinajstić information content (AvgIpc) is 2.40. The predicted octanol–water partition coefficient (Wildman–Crippen LogP) is 1.64. The van der Waals surface area contributed by atoms with E-state index >= 15 is 0 Å². The molecule has 1 atom stereocenters. The number of hydrogen-bond donors (Lipinski definition) is 2. The van der Waals surface area contributed by atoms with E-state index in [1.54, 1.807) is 6.92 Å². The molecule has 114 valence electrons. The van der Waals surface area contributed by atoms with Crippen LogP contribution in [0.2, 0.25) is 5.02 Å². The van der Waals surface area contributed by atoms with E-state index in [4.69, 9.17) is 22.1 Å². The van der Waals surface area contributed by atoms with Gasteiger partial charge in [0.05, 0.1) is 6.61 Å². The minimum Gasteiger partial charge on any atom is -0.383 e. The SMILES string of the molecule is CCC(COC)NS(=O)(=O)c1cc(Cl)cc(CN)c1F. The third-order valence-electron chi connectivity index (χ3n) is 2.77. The van der Waals surface area contributed by atoms with Gasteiger partial charge in [-0.25, -0.2) is 17.5 Å². The zero-order chi connectivity index (χ0) is 15.3. The lowest BCUT2D eigenvalue weighted by molar-refractivity contribution is 0.173. The first-order valence-corrected chi connectivity index (χ1v) is 7.91. The van der Waals surface area contributed by atoms with Gasteiger partial charge in [0.15, 0.2) is 0 Å². The van der Waals surface area contributed by atoms with Gasteiger partial charge in [-0.3, -0.25) is 0 Å². The molecular weight excluding hydrogens is 307 g/mol. The fraction of sp³-hybridized carbons (Fsp3) is 0.500. The van der Waals surface area contributed by atoms with Crippen molar-refractivity contribution < 1.29 is 17.5 Å². The Hall–Kier alpha value is -0.730. The van der Waals surface area contributed by atoms with Crippen molar-refractivity contribution in [1.82, 2.24) is 4.72 Å². The van der Waals surface area contributed by atoms with Gasteiger partial charge in [0.2, 0.25) is 10.0 Å². The number of sulfonamides is 1. The molecule has 5 nitrogen and oxygen atoms in total. The highest BCUT2D eigenvalue weighted by molar-refractivity contribution is 7.89. The summed E-state index contributed by atoms with van der Waals surface area (Å²) in [6.07, 6.45) is 0.513. The maximum Gasteiger partial charge on any atom is 0.243 e. The lowest BCUT2D eigenvalue weighted by Gasteiger charge is -2.17. The van der Waals surface area contributed by atoms with Crippen molar-refractivity contribution in [3.05, 3.63) is 28.5 Å². The zero-order valence-corrected chi connectivity index (χ0v) is 12.9. The molecular formula is C12H18ClFN2O3S. The van der Waals surface area contributed by atoms with Crippen LogP contribution in [0.15, 0.2) is 17.0 Å². The highest BCUT2D eigenvalue weighted by Crippen LogP contribution is 2.23. The summed E-state index contributed by atoms with van der Waals surface area (Å²) in [7, 11) is -2.56. The summed E-state index contributed by atoms with van der Waals surface area (Å²) in [5, 5.41) is 0.118. The van der Waals surface area contributed by atoms with Crippen molar-refractivity contribution in [1.29, 1.82) is 0 Å². The standard InChI is InChI=1S/C12H18ClFN2O3S/c1-3-10(7-19-2)16-20(17,18)11-5-9(13)4-8(6-15)12(11)14/h4-5,10,16H,3,6-7,15H2,1-2H3. The molecule has 0 fully saturated rings. The van der Waals surface area contributed by atoms with Crippen LogP contribution in [0.5, 0.6) is 0 Å². The van der Waals surface area contributed by atoms with Crippen molar-refractivity contribution in [3.63, 3.8) is 0 Å². The second-order valence-electron chi connectivity index (χ2n) is 4.26. The smallest absolute Gasteiger partial charge is 0.243 e. The molecule has 0 radical (unpaired) electrons. The van der Waals surface area contributed by atoms with E-state index in [1.807, 2.05) is 0 Å². The number of benzene rings is 1.